The third kappa shape index (κ3) is 3.35. The van der Waals surface area contributed by atoms with Gasteiger partial charge in [-0.15, -0.1) is 0 Å². The average Bonchev–Trinajstić information content (AvgIpc) is 2.85. The minimum Gasteiger partial charge on any atom is -0.326 e. The number of carbonyl (C=O) groups is 3. The Bertz CT molecular complexity index is 615. The molecular formula is C19H24N2O3. The maximum atomic E-state index is 12.4. The number of benzene rings is 1. The standard InChI is InChI=1S/C19H24N2O3/c1-2-13-7-9-14(10-8-13)20-17(22)11-12-21-18(23)15-5-3-4-6-16(15)19(21)24/h7-10,15-16H,2-6,11-12H2,1H3,(H,20,22). The van der Waals surface area contributed by atoms with E-state index in [1.54, 1.807) is 0 Å². The lowest BCUT2D eigenvalue weighted by Gasteiger charge is -2.19. The molecule has 3 rings (SSSR count). The van der Waals surface area contributed by atoms with Gasteiger partial charge in [-0.05, 0) is 37.0 Å². The molecule has 0 radical (unpaired) electrons. The van der Waals surface area contributed by atoms with E-state index >= 15 is 0 Å². The lowest BCUT2D eigenvalue weighted by molar-refractivity contribution is -0.140. The first-order chi connectivity index (χ1) is 11.6. The zero-order chi connectivity index (χ0) is 17.1. The summed E-state index contributed by atoms with van der Waals surface area (Å²) in [5.74, 6) is -0.615. The second kappa shape index (κ2) is 7.16. The van der Waals surface area contributed by atoms with Crippen LogP contribution < -0.4 is 5.32 Å². The smallest absolute Gasteiger partial charge is 0.233 e. The van der Waals surface area contributed by atoms with Crippen LogP contribution in [0.2, 0.25) is 0 Å². The largest absolute Gasteiger partial charge is 0.326 e. The number of hydrogen-bond acceptors (Lipinski definition) is 3. The first kappa shape index (κ1) is 16.7. The topological polar surface area (TPSA) is 66.5 Å². The summed E-state index contributed by atoms with van der Waals surface area (Å²) in [6.07, 6.45) is 4.75. The number of nitrogens with zero attached hydrogens (tertiary/aromatic N) is 1. The van der Waals surface area contributed by atoms with E-state index in [1.165, 1.54) is 10.5 Å². The van der Waals surface area contributed by atoms with E-state index < -0.39 is 0 Å². The van der Waals surface area contributed by atoms with Gasteiger partial charge in [0, 0.05) is 18.7 Å². The molecule has 1 saturated carbocycles. The first-order valence-electron chi connectivity index (χ1n) is 8.84. The summed E-state index contributed by atoms with van der Waals surface area (Å²) in [4.78, 5) is 38.1. The second-order valence-electron chi connectivity index (χ2n) is 6.67. The van der Waals surface area contributed by atoms with E-state index in [0.29, 0.717) is 0 Å². The molecule has 1 heterocycles. The number of carbonyl (C=O) groups excluding carboxylic acids is 3. The number of aryl methyl sites for hydroxylation is 1. The predicted octanol–water partition coefficient (Wildman–Crippen LogP) is 2.75. The van der Waals surface area contributed by atoms with Gasteiger partial charge in [0.05, 0.1) is 11.8 Å². The number of nitrogens with one attached hydrogen (secondary N) is 1. The molecule has 24 heavy (non-hydrogen) atoms. The van der Waals surface area contributed by atoms with E-state index in [0.717, 1.165) is 37.8 Å². The minimum atomic E-state index is -0.172. The summed E-state index contributed by atoms with van der Waals surface area (Å²) in [7, 11) is 0. The highest BCUT2D eigenvalue weighted by molar-refractivity contribution is 6.05. The molecule has 0 aromatic heterocycles. The Morgan fingerprint density at radius 3 is 2.21 bits per heavy atom. The van der Waals surface area contributed by atoms with Crippen LogP contribution in [0.5, 0.6) is 0 Å². The van der Waals surface area contributed by atoms with Gasteiger partial charge in [0.25, 0.3) is 0 Å². The van der Waals surface area contributed by atoms with Gasteiger partial charge in [0.15, 0.2) is 0 Å². The number of fused-ring (bicyclic) bond motifs is 1. The highest BCUT2D eigenvalue weighted by atomic mass is 16.2. The molecule has 1 saturated heterocycles. The van der Waals surface area contributed by atoms with E-state index in [1.807, 2.05) is 24.3 Å². The van der Waals surface area contributed by atoms with Gasteiger partial charge in [0.1, 0.15) is 0 Å². The van der Waals surface area contributed by atoms with Crippen LogP contribution in [-0.4, -0.2) is 29.2 Å². The van der Waals surface area contributed by atoms with Crippen molar-refractivity contribution in [1.29, 1.82) is 0 Å². The van der Waals surface area contributed by atoms with Crippen molar-refractivity contribution in [3.63, 3.8) is 0 Å². The number of likely N-dealkylation sites (tertiary alicyclic amines) is 1. The third-order valence-corrected chi connectivity index (χ3v) is 5.14. The summed E-state index contributed by atoms with van der Waals surface area (Å²) in [6, 6.07) is 7.70. The van der Waals surface area contributed by atoms with Gasteiger partial charge < -0.3 is 5.32 Å². The molecule has 5 heteroatoms. The van der Waals surface area contributed by atoms with E-state index in [2.05, 4.69) is 12.2 Å². The quantitative estimate of drug-likeness (QED) is 0.845. The van der Waals surface area contributed by atoms with Crippen LogP contribution in [0.15, 0.2) is 24.3 Å². The molecule has 1 aliphatic carbocycles. The van der Waals surface area contributed by atoms with E-state index in [4.69, 9.17) is 0 Å². The minimum absolute atomic E-state index is 0.0789. The molecule has 2 unspecified atom stereocenters. The summed E-state index contributed by atoms with van der Waals surface area (Å²) < 4.78 is 0. The highest BCUT2D eigenvalue weighted by Crippen LogP contribution is 2.37. The fourth-order valence-corrected chi connectivity index (χ4v) is 3.71. The maximum Gasteiger partial charge on any atom is 0.233 e. The molecule has 5 nitrogen and oxygen atoms in total. The molecule has 2 aliphatic rings. The molecular weight excluding hydrogens is 304 g/mol. The van der Waals surface area contributed by atoms with Crippen molar-refractivity contribution in [2.24, 2.45) is 11.8 Å². The normalized spacial score (nSPS) is 23.3. The van der Waals surface area contributed by atoms with Gasteiger partial charge in [-0.3, -0.25) is 19.3 Å². The second-order valence-corrected chi connectivity index (χ2v) is 6.67. The van der Waals surface area contributed by atoms with Crippen molar-refractivity contribution in [3.05, 3.63) is 29.8 Å². The fourth-order valence-electron chi connectivity index (χ4n) is 3.71. The summed E-state index contributed by atoms with van der Waals surface area (Å²) >= 11 is 0. The zero-order valence-electron chi connectivity index (χ0n) is 14.1. The molecule has 2 atom stereocenters. The number of hydrogen-bond donors (Lipinski definition) is 1. The van der Waals surface area contributed by atoms with Gasteiger partial charge in [-0.2, -0.15) is 0 Å². The lowest BCUT2D eigenvalue weighted by Crippen LogP contribution is -2.34. The number of amides is 3. The molecule has 2 fully saturated rings. The Hall–Kier alpha value is -2.17. The molecule has 1 aromatic carbocycles. The predicted molar refractivity (Wildman–Crippen MR) is 91.2 cm³/mol. The highest BCUT2D eigenvalue weighted by Gasteiger charge is 2.47. The van der Waals surface area contributed by atoms with Gasteiger partial charge in [-0.25, -0.2) is 0 Å². The monoisotopic (exact) mass is 328 g/mol. The van der Waals surface area contributed by atoms with Crippen LogP contribution in [0.1, 0.15) is 44.6 Å². The Morgan fingerprint density at radius 1 is 1.08 bits per heavy atom. The van der Waals surface area contributed by atoms with Crippen molar-refractivity contribution >= 4 is 23.4 Å². The SMILES string of the molecule is CCc1ccc(NC(=O)CCN2C(=O)C3CCCCC3C2=O)cc1. The molecule has 1 aliphatic heterocycles. The zero-order valence-corrected chi connectivity index (χ0v) is 14.1. The van der Waals surface area contributed by atoms with Crippen LogP contribution >= 0.6 is 0 Å². The molecule has 3 amide bonds. The van der Waals surface area contributed by atoms with Gasteiger partial charge in [0.2, 0.25) is 17.7 Å². The Balaban J connectivity index is 1.54. The summed E-state index contributed by atoms with van der Waals surface area (Å²) in [5.41, 5.74) is 1.95. The number of imide groups is 1. The summed E-state index contributed by atoms with van der Waals surface area (Å²) in [5, 5.41) is 2.82. The number of rotatable bonds is 5. The lowest BCUT2D eigenvalue weighted by atomic mass is 9.81. The van der Waals surface area contributed by atoms with E-state index in [9.17, 15) is 14.4 Å². The molecule has 1 N–H and O–H groups in total. The number of anilines is 1. The van der Waals surface area contributed by atoms with Crippen molar-refractivity contribution in [1.82, 2.24) is 4.90 Å². The first-order valence-corrected chi connectivity index (χ1v) is 8.84. The Kier molecular flexibility index (Phi) is 4.97. The van der Waals surface area contributed by atoms with Crippen LogP contribution in [0.4, 0.5) is 5.69 Å². The van der Waals surface area contributed by atoms with E-state index in [-0.39, 0.29) is 42.5 Å². The van der Waals surface area contributed by atoms with Gasteiger partial charge in [-0.1, -0.05) is 31.9 Å². The van der Waals surface area contributed by atoms with Crippen LogP contribution in [-0.2, 0) is 20.8 Å². The Labute approximate surface area is 142 Å². The molecule has 1 aromatic rings. The van der Waals surface area contributed by atoms with Crippen molar-refractivity contribution in [2.45, 2.75) is 45.4 Å². The maximum absolute atomic E-state index is 12.4. The Morgan fingerprint density at radius 2 is 1.67 bits per heavy atom. The fraction of sp³-hybridized carbons (Fsp3) is 0.526. The van der Waals surface area contributed by atoms with Gasteiger partial charge >= 0.3 is 0 Å². The average molecular weight is 328 g/mol. The third-order valence-electron chi connectivity index (χ3n) is 5.14. The van der Waals surface area contributed by atoms with Crippen molar-refractivity contribution < 1.29 is 14.4 Å². The molecule has 0 spiro atoms. The molecule has 128 valence electrons. The van der Waals surface area contributed by atoms with Crippen LogP contribution in [0.3, 0.4) is 0 Å². The summed E-state index contributed by atoms with van der Waals surface area (Å²) in [6.45, 7) is 2.26. The van der Waals surface area contributed by atoms with Crippen molar-refractivity contribution in [2.75, 3.05) is 11.9 Å². The molecule has 0 bridgehead atoms. The van der Waals surface area contributed by atoms with Crippen LogP contribution in [0, 0.1) is 11.8 Å². The van der Waals surface area contributed by atoms with Crippen LogP contribution in [0.25, 0.3) is 0 Å². The van der Waals surface area contributed by atoms with Crippen molar-refractivity contribution in [3.8, 4) is 0 Å².